The normalized spacial score (nSPS) is 12.4. The van der Waals surface area contributed by atoms with E-state index in [0.717, 1.165) is 219 Å². The maximum Gasteiger partial charge on any atom is 0.311 e. The molecule has 662 valence electrons. The highest BCUT2D eigenvalue weighted by molar-refractivity contribution is 5.83. The molecule has 0 rings (SSSR count). The largest absolute Gasteiger partial charge is 0.462 e. The molecule has 0 aromatic carbocycles. The van der Waals surface area contributed by atoms with Crippen molar-refractivity contribution in [3.8, 4) is 0 Å². The second-order valence-corrected chi connectivity index (χ2v) is 35.0. The standard InChI is InChI=1S/C98H190N4O10/c1-11-19-25-31-37-39-47-54-68-88(17-7)109-94(105)76-62-53-66-84-101(82-64-51-41-49-60-74-95(106)110-90(70-56-43-33-27-21-13-3)71-57-44-34-28-22-14-4)86-80-99-92(103)77-78-93(104)100-81-87-102(85-67-63-79-98(9,10)97(108)112-89(18-8)69-55-48-40-38-32-26-20-12-2)83-65-52-42-50-61-75-96(107)111-91(72-58-45-35-29-23-15-5)73-59-46-36-30-24-16-6/h88-91H,11-87H2,1-10H3,(H,99,103)(H,100,104). The molecule has 2 amide bonds. The molecule has 14 nitrogen and oxygen atoms in total. The molecule has 0 radical (unpaired) electrons. The topological polar surface area (TPSA) is 170 Å². The third-order valence-corrected chi connectivity index (χ3v) is 23.6. The summed E-state index contributed by atoms with van der Waals surface area (Å²) in [5.74, 6) is -0.455. The summed E-state index contributed by atoms with van der Waals surface area (Å²) in [7, 11) is 0. The molecule has 0 saturated carbocycles. The smallest absolute Gasteiger partial charge is 0.311 e. The molecule has 112 heavy (non-hydrogen) atoms. The Hall–Kier alpha value is -3.26. The molecule has 2 atom stereocenters. The number of unbranched alkanes of at least 4 members (excludes halogenated alkanes) is 45. The van der Waals surface area contributed by atoms with Gasteiger partial charge in [0, 0.05) is 58.3 Å². The van der Waals surface area contributed by atoms with Crippen molar-refractivity contribution in [1.82, 2.24) is 20.4 Å². The minimum absolute atomic E-state index is 0.00934. The number of ether oxygens (including phenoxy) is 4. The van der Waals surface area contributed by atoms with Crippen LogP contribution in [0.5, 0.6) is 0 Å². The van der Waals surface area contributed by atoms with Crippen molar-refractivity contribution in [1.29, 1.82) is 0 Å². The number of carbonyl (C=O) groups excluding carboxylic acids is 6. The SMILES string of the molecule is CCCCCCCCCCC(CC)OC(=O)CCCCCN(CCCCCCCC(=O)OC(CCCCCCCC)CCCCCCCC)CCNC(=O)CCC(=O)NCCN(CCCCCCCC(=O)OC(CCCCCCCC)CCCCCCCC)CCCCC(C)(C)C(=O)OC(CC)CCCCCCCCCC. The average molecular weight is 1580 g/mol. The van der Waals surface area contributed by atoms with Crippen LogP contribution in [0.4, 0.5) is 0 Å². The lowest BCUT2D eigenvalue weighted by atomic mass is 9.87. The minimum atomic E-state index is -0.568. The molecule has 0 spiro atoms. The first-order chi connectivity index (χ1) is 54.6. The van der Waals surface area contributed by atoms with Crippen LogP contribution in [0.25, 0.3) is 0 Å². The molecule has 0 saturated heterocycles. The number of carbonyl (C=O) groups is 6. The van der Waals surface area contributed by atoms with E-state index < -0.39 is 5.41 Å². The third kappa shape index (κ3) is 73.1. The van der Waals surface area contributed by atoms with Gasteiger partial charge in [-0.15, -0.1) is 0 Å². The first-order valence-corrected chi connectivity index (χ1v) is 49.4. The summed E-state index contributed by atoms with van der Waals surface area (Å²) in [6, 6.07) is 0. The van der Waals surface area contributed by atoms with E-state index in [1.54, 1.807) is 0 Å². The van der Waals surface area contributed by atoms with E-state index in [1.165, 1.54) is 218 Å². The molecule has 2 unspecified atom stereocenters. The second-order valence-electron chi connectivity index (χ2n) is 35.0. The minimum Gasteiger partial charge on any atom is -0.462 e. The summed E-state index contributed by atoms with van der Waals surface area (Å²) in [6.07, 6.45) is 74.9. The van der Waals surface area contributed by atoms with Gasteiger partial charge in [0.1, 0.15) is 24.4 Å². The Morgan fingerprint density at radius 1 is 0.250 bits per heavy atom. The zero-order chi connectivity index (χ0) is 82.1. The first kappa shape index (κ1) is 109. The number of hydrogen-bond donors (Lipinski definition) is 2. The van der Waals surface area contributed by atoms with Gasteiger partial charge in [-0.2, -0.15) is 0 Å². The van der Waals surface area contributed by atoms with Crippen LogP contribution < -0.4 is 10.6 Å². The van der Waals surface area contributed by atoms with Crippen LogP contribution in [0.3, 0.4) is 0 Å². The number of hydrogen-bond acceptors (Lipinski definition) is 12. The molecule has 0 heterocycles. The van der Waals surface area contributed by atoms with E-state index in [4.69, 9.17) is 18.9 Å². The third-order valence-electron chi connectivity index (χ3n) is 23.6. The summed E-state index contributed by atoms with van der Waals surface area (Å²) < 4.78 is 24.5. The van der Waals surface area contributed by atoms with Crippen molar-refractivity contribution in [3.63, 3.8) is 0 Å². The average Bonchev–Trinajstić information content (AvgIpc) is 0.872. The highest BCUT2D eigenvalue weighted by atomic mass is 16.6. The Bertz CT molecular complexity index is 2060. The van der Waals surface area contributed by atoms with Gasteiger partial charge in [-0.05, 0) is 181 Å². The molecule has 0 aromatic rings. The quantitative estimate of drug-likeness (QED) is 0.0336. The molecule has 0 aliphatic carbocycles. The van der Waals surface area contributed by atoms with Crippen LogP contribution in [-0.2, 0) is 47.7 Å². The van der Waals surface area contributed by atoms with Crippen LogP contribution >= 0.6 is 0 Å². The van der Waals surface area contributed by atoms with Crippen molar-refractivity contribution in [2.75, 3.05) is 52.4 Å². The Morgan fingerprint density at radius 2 is 0.473 bits per heavy atom. The number of esters is 4. The molecule has 0 aromatic heterocycles. The predicted molar refractivity (Wildman–Crippen MR) is 476 cm³/mol. The highest BCUT2D eigenvalue weighted by Gasteiger charge is 2.31. The van der Waals surface area contributed by atoms with E-state index in [9.17, 15) is 28.8 Å². The van der Waals surface area contributed by atoms with Crippen LogP contribution in [0.1, 0.15) is 512 Å². The van der Waals surface area contributed by atoms with Crippen LogP contribution in [-0.4, -0.2) is 122 Å². The van der Waals surface area contributed by atoms with Crippen molar-refractivity contribution >= 4 is 35.7 Å². The van der Waals surface area contributed by atoms with Gasteiger partial charge in [-0.25, -0.2) is 0 Å². The van der Waals surface area contributed by atoms with Gasteiger partial charge in [-0.1, -0.05) is 325 Å². The van der Waals surface area contributed by atoms with Crippen LogP contribution in [0, 0.1) is 5.41 Å². The van der Waals surface area contributed by atoms with E-state index in [1.807, 2.05) is 13.8 Å². The van der Waals surface area contributed by atoms with Crippen LogP contribution in [0.2, 0.25) is 0 Å². The van der Waals surface area contributed by atoms with Crippen molar-refractivity contribution in [2.24, 2.45) is 5.41 Å². The fraction of sp³-hybridized carbons (Fsp3) is 0.939. The van der Waals surface area contributed by atoms with Crippen molar-refractivity contribution in [3.05, 3.63) is 0 Å². The molecule has 0 aliphatic rings. The van der Waals surface area contributed by atoms with E-state index in [0.29, 0.717) is 45.4 Å². The summed E-state index contributed by atoms with van der Waals surface area (Å²) in [5.41, 5.74) is -0.568. The first-order valence-electron chi connectivity index (χ1n) is 49.4. The molecule has 0 fully saturated rings. The number of amides is 2. The van der Waals surface area contributed by atoms with Gasteiger partial charge in [0.15, 0.2) is 0 Å². The van der Waals surface area contributed by atoms with Crippen LogP contribution in [0.15, 0.2) is 0 Å². The van der Waals surface area contributed by atoms with Gasteiger partial charge >= 0.3 is 23.9 Å². The highest BCUT2D eigenvalue weighted by Crippen LogP contribution is 2.29. The van der Waals surface area contributed by atoms with Gasteiger partial charge in [0.25, 0.3) is 0 Å². The summed E-state index contributed by atoms with van der Waals surface area (Å²) >= 11 is 0. The zero-order valence-electron chi connectivity index (χ0n) is 76.2. The summed E-state index contributed by atoms with van der Waals surface area (Å²) in [4.78, 5) is 84.6. The lowest BCUT2D eigenvalue weighted by Crippen LogP contribution is -2.38. The fourth-order valence-electron chi connectivity index (χ4n) is 15.7. The number of nitrogens with one attached hydrogen (secondary N) is 2. The fourth-order valence-corrected chi connectivity index (χ4v) is 15.7. The molecule has 14 heteroatoms. The molecule has 0 aliphatic heterocycles. The van der Waals surface area contributed by atoms with E-state index in [2.05, 4.69) is 75.8 Å². The molecular formula is C98H190N4O10. The molecular weight excluding hydrogens is 1390 g/mol. The van der Waals surface area contributed by atoms with Gasteiger partial charge in [0.2, 0.25) is 11.8 Å². The van der Waals surface area contributed by atoms with Gasteiger partial charge < -0.3 is 39.4 Å². The Morgan fingerprint density at radius 3 is 0.759 bits per heavy atom. The Labute approximate surface area is 694 Å². The number of rotatable bonds is 89. The Kier molecular flexibility index (Phi) is 80.4. The maximum absolute atomic E-state index is 13.6. The van der Waals surface area contributed by atoms with Crippen molar-refractivity contribution in [2.45, 2.75) is 537 Å². The van der Waals surface area contributed by atoms with E-state index in [-0.39, 0.29) is 72.9 Å². The molecule has 2 N–H and O–H groups in total. The van der Waals surface area contributed by atoms with E-state index >= 15 is 0 Å². The lowest BCUT2D eigenvalue weighted by molar-refractivity contribution is -0.160. The predicted octanol–water partition coefficient (Wildman–Crippen LogP) is 27.6. The zero-order valence-corrected chi connectivity index (χ0v) is 76.2. The molecule has 0 bridgehead atoms. The Balaban J connectivity index is 5.68. The van der Waals surface area contributed by atoms with Gasteiger partial charge in [-0.3, -0.25) is 28.8 Å². The van der Waals surface area contributed by atoms with Gasteiger partial charge in [0.05, 0.1) is 5.41 Å². The second kappa shape index (κ2) is 82.8. The monoisotopic (exact) mass is 1580 g/mol. The summed E-state index contributed by atoms with van der Waals surface area (Å²) in [6.45, 7) is 27.9. The lowest BCUT2D eigenvalue weighted by Gasteiger charge is -2.27. The number of nitrogens with zero attached hydrogens (tertiary/aromatic N) is 2. The van der Waals surface area contributed by atoms with Crippen molar-refractivity contribution < 1.29 is 47.7 Å². The summed E-state index contributed by atoms with van der Waals surface area (Å²) in [5, 5.41) is 6.27. The maximum atomic E-state index is 13.6.